The maximum absolute atomic E-state index is 13.0. The van der Waals surface area contributed by atoms with E-state index in [2.05, 4.69) is 4.72 Å². The monoisotopic (exact) mass is 370 g/mol. The van der Waals surface area contributed by atoms with Gasteiger partial charge in [0, 0.05) is 6.54 Å². The average molecular weight is 370 g/mol. The molecule has 2 aromatic rings. The molecule has 2 aromatic carbocycles. The van der Waals surface area contributed by atoms with Gasteiger partial charge >= 0.3 is 0 Å². The van der Waals surface area contributed by atoms with Crippen molar-refractivity contribution in [2.45, 2.75) is 16.2 Å². The van der Waals surface area contributed by atoms with Crippen LogP contribution in [0.25, 0.3) is 0 Å². The first kappa shape index (κ1) is 16.9. The topological polar surface area (TPSA) is 83.6 Å². The summed E-state index contributed by atoms with van der Waals surface area (Å²) in [4.78, 5) is 0.0773. The van der Waals surface area contributed by atoms with Crippen molar-refractivity contribution < 1.29 is 21.2 Å². The molecular weight excluding hydrogens is 355 g/mol. The average Bonchev–Trinajstić information content (AvgIpc) is 2.99. The van der Waals surface area contributed by atoms with Crippen LogP contribution in [0.3, 0.4) is 0 Å². The molecule has 1 aliphatic rings. The zero-order valence-corrected chi connectivity index (χ0v) is 14.4. The third-order valence-electron chi connectivity index (χ3n) is 3.88. The van der Waals surface area contributed by atoms with Crippen LogP contribution in [0.4, 0.5) is 10.1 Å². The summed E-state index contributed by atoms with van der Waals surface area (Å²) in [5, 5.41) is 0. The summed E-state index contributed by atoms with van der Waals surface area (Å²) in [7, 11) is -6.10. The smallest absolute Gasteiger partial charge is 0.264 e. The summed E-state index contributed by atoms with van der Waals surface area (Å²) in [6.07, 6.45) is 0.406. The van der Waals surface area contributed by atoms with Gasteiger partial charge in [-0.3, -0.25) is 4.31 Å². The minimum Gasteiger partial charge on any atom is -0.266 e. The standard InChI is InChI=1S/C15H15FN2O4S2/c1-17-23(19,20)14-6-7-15-11(10-14)8-9-18(15)24(21,22)13-4-2-12(16)3-5-13/h2-7,10,17H,8-9H2,1H3. The molecule has 0 fully saturated rings. The number of rotatable bonds is 4. The second-order valence-electron chi connectivity index (χ2n) is 5.28. The highest BCUT2D eigenvalue weighted by atomic mass is 32.2. The second kappa shape index (κ2) is 5.83. The molecular formula is C15H15FN2O4S2. The van der Waals surface area contributed by atoms with E-state index in [1.54, 1.807) is 0 Å². The number of hydrogen-bond acceptors (Lipinski definition) is 4. The van der Waals surface area contributed by atoms with Crippen molar-refractivity contribution in [3.05, 3.63) is 53.8 Å². The molecule has 1 aliphatic heterocycles. The van der Waals surface area contributed by atoms with E-state index in [4.69, 9.17) is 0 Å². The van der Waals surface area contributed by atoms with Gasteiger partial charge in [-0.25, -0.2) is 25.9 Å². The Morgan fingerprint density at radius 2 is 1.62 bits per heavy atom. The Balaban J connectivity index is 2.02. The van der Waals surface area contributed by atoms with Crippen molar-refractivity contribution in [3.63, 3.8) is 0 Å². The molecule has 24 heavy (non-hydrogen) atoms. The normalized spacial score (nSPS) is 14.7. The summed E-state index contributed by atoms with van der Waals surface area (Å²) >= 11 is 0. The zero-order valence-electron chi connectivity index (χ0n) is 12.7. The van der Waals surface area contributed by atoms with E-state index in [-0.39, 0.29) is 16.3 Å². The van der Waals surface area contributed by atoms with E-state index >= 15 is 0 Å². The van der Waals surface area contributed by atoms with Crippen LogP contribution in [0.2, 0.25) is 0 Å². The number of nitrogens with one attached hydrogen (secondary N) is 1. The third kappa shape index (κ3) is 2.79. The minimum absolute atomic E-state index is 0.0105. The highest BCUT2D eigenvalue weighted by Crippen LogP contribution is 2.34. The fourth-order valence-electron chi connectivity index (χ4n) is 2.62. The van der Waals surface area contributed by atoms with Crippen LogP contribution in [0.1, 0.15) is 5.56 Å². The molecule has 0 atom stereocenters. The summed E-state index contributed by atoms with van der Waals surface area (Å²) < 4.78 is 65.6. The highest BCUT2D eigenvalue weighted by Gasteiger charge is 2.31. The Kier molecular flexibility index (Phi) is 4.10. The molecule has 6 nitrogen and oxygen atoms in total. The lowest BCUT2D eigenvalue weighted by Gasteiger charge is -2.19. The molecule has 128 valence electrons. The molecule has 0 radical (unpaired) electrons. The van der Waals surface area contributed by atoms with Crippen molar-refractivity contribution in [2.75, 3.05) is 17.9 Å². The molecule has 3 rings (SSSR count). The van der Waals surface area contributed by atoms with Crippen LogP contribution < -0.4 is 9.03 Å². The van der Waals surface area contributed by atoms with Gasteiger partial charge in [0.1, 0.15) is 5.82 Å². The minimum atomic E-state index is -3.82. The van der Waals surface area contributed by atoms with Gasteiger partial charge in [0.05, 0.1) is 15.5 Å². The van der Waals surface area contributed by atoms with Gasteiger partial charge in [0.25, 0.3) is 10.0 Å². The lowest BCUT2D eigenvalue weighted by atomic mass is 10.2. The maximum Gasteiger partial charge on any atom is 0.264 e. The number of sulfonamides is 2. The van der Waals surface area contributed by atoms with Gasteiger partial charge in [0.15, 0.2) is 0 Å². The Hall–Kier alpha value is -1.97. The van der Waals surface area contributed by atoms with E-state index in [0.29, 0.717) is 17.7 Å². The van der Waals surface area contributed by atoms with Gasteiger partial charge < -0.3 is 0 Å². The Morgan fingerprint density at radius 3 is 2.25 bits per heavy atom. The Labute approximate surface area is 140 Å². The fraction of sp³-hybridized carbons (Fsp3) is 0.200. The molecule has 9 heteroatoms. The molecule has 1 heterocycles. The summed E-state index contributed by atoms with van der Waals surface area (Å²) in [6, 6.07) is 8.92. The van der Waals surface area contributed by atoms with Gasteiger partial charge in [-0.05, 0) is 61.5 Å². The SMILES string of the molecule is CNS(=O)(=O)c1ccc2c(c1)CCN2S(=O)(=O)c1ccc(F)cc1. The molecule has 0 aromatic heterocycles. The number of benzene rings is 2. The largest absolute Gasteiger partial charge is 0.266 e. The summed E-state index contributed by atoms with van der Waals surface area (Å²) in [6.45, 7) is 0.206. The predicted molar refractivity (Wildman–Crippen MR) is 87.3 cm³/mol. The van der Waals surface area contributed by atoms with Gasteiger partial charge in [-0.2, -0.15) is 0 Å². The van der Waals surface area contributed by atoms with Crippen LogP contribution in [0.15, 0.2) is 52.3 Å². The summed E-state index contributed by atoms with van der Waals surface area (Å²) in [5.41, 5.74) is 1.08. The number of anilines is 1. The quantitative estimate of drug-likeness (QED) is 0.884. The molecule has 0 saturated heterocycles. The maximum atomic E-state index is 13.0. The van der Waals surface area contributed by atoms with Crippen LogP contribution >= 0.6 is 0 Å². The van der Waals surface area contributed by atoms with Crippen LogP contribution in [0, 0.1) is 5.82 Å². The molecule has 0 aliphatic carbocycles. The molecule has 0 saturated carbocycles. The van der Waals surface area contributed by atoms with E-state index in [9.17, 15) is 21.2 Å². The first-order valence-electron chi connectivity index (χ1n) is 7.10. The number of fused-ring (bicyclic) bond motifs is 1. The van der Waals surface area contributed by atoms with Gasteiger partial charge in [-0.1, -0.05) is 0 Å². The van der Waals surface area contributed by atoms with Crippen molar-refractivity contribution in [1.82, 2.24) is 4.72 Å². The van der Waals surface area contributed by atoms with Crippen LogP contribution in [-0.2, 0) is 26.5 Å². The van der Waals surface area contributed by atoms with Gasteiger partial charge in [-0.15, -0.1) is 0 Å². The molecule has 0 unspecified atom stereocenters. The third-order valence-corrected chi connectivity index (χ3v) is 7.12. The first-order chi connectivity index (χ1) is 11.3. The Bertz CT molecular complexity index is 987. The van der Waals surface area contributed by atoms with E-state index in [1.807, 2.05) is 0 Å². The number of hydrogen-bond donors (Lipinski definition) is 1. The van der Waals surface area contributed by atoms with Crippen LogP contribution in [0.5, 0.6) is 0 Å². The summed E-state index contributed by atoms with van der Waals surface area (Å²) in [5.74, 6) is -0.516. The molecule has 0 amide bonds. The number of halogens is 1. The van der Waals surface area contributed by atoms with Crippen molar-refractivity contribution in [1.29, 1.82) is 0 Å². The fourth-order valence-corrected chi connectivity index (χ4v) is 4.90. The lowest BCUT2D eigenvalue weighted by molar-refractivity contribution is 0.587. The van der Waals surface area contributed by atoms with Crippen molar-refractivity contribution in [2.24, 2.45) is 0 Å². The predicted octanol–water partition coefficient (Wildman–Crippen LogP) is 1.49. The second-order valence-corrected chi connectivity index (χ2v) is 9.03. The van der Waals surface area contributed by atoms with Crippen molar-refractivity contribution in [3.8, 4) is 0 Å². The Morgan fingerprint density at radius 1 is 1.00 bits per heavy atom. The van der Waals surface area contributed by atoms with Crippen LogP contribution in [-0.4, -0.2) is 30.4 Å². The van der Waals surface area contributed by atoms with Crippen molar-refractivity contribution >= 4 is 25.7 Å². The molecule has 1 N–H and O–H groups in total. The number of nitrogens with zero attached hydrogens (tertiary/aromatic N) is 1. The highest BCUT2D eigenvalue weighted by molar-refractivity contribution is 7.92. The van der Waals surface area contributed by atoms with E-state index in [1.165, 1.54) is 41.7 Å². The van der Waals surface area contributed by atoms with Gasteiger partial charge in [0.2, 0.25) is 10.0 Å². The first-order valence-corrected chi connectivity index (χ1v) is 10.0. The van der Waals surface area contributed by atoms with E-state index in [0.717, 1.165) is 12.1 Å². The lowest BCUT2D eigenvalue weighted by Crippen LogP contribution is -2.29. The molecule has 0 spiro atoms. The molecule has 0 bridgehead atoms. The van der Waals surface area contributed by atoms with E-state index < -0.39 is 25.9 Å². The zero-order chi connectivity index (χ0) is 17.5.